The molecule has 4 heavy (non-hydrogen) atoms. The first-order valence-electron chi connectivity index (χ1n) is 0. The Morgan fingerprint density at radius 3 is 0.750 bits per heavy atom. The standard InChI is InChI=1S/Bi.Na.2O/q+3;+1;2*-2. The molecule has 0 atom stereocenters. The average Bonchev–Trinajstić information content (AvgIpc) is 0. The minimum Gasteiger partial charge on any atom is -2.00 e. The molecule has 2 radical (unpaired) electrons. The molecule has 4 heteroatoms. The number of rotatable bonds is 0. The van der Waals surface area contributed by atoms with Gasteiger partial charge in [-0.15, -0.1) is 0 Å². The van der Waals surface area contributed by atoms with Gasteiger partial charge in [0.1, 0.15) is 0 Å². The van der Waals surface area contributed by atoms with Crippen molar-refractivity contribution < 1.29 is 40.5 Å². The van der Waals surface area contributed by atoms with Crippen LogP contribution in [0.25, 0.3) is 0 Å². The summed E-state index contributed by atoms with van der Waals surface area (Å²) in [6.07, 6.45) is 0. The van der Waals surface area contributed by atoms with Crippen molar-refractivity contribution >= 4 is 26.2 Å². The van der Waals surface area contributed by atoms with Crippen LogP contribution in [-0.2, 0) is 11.0 Å². The Hall–Kier alpha value is 1.80. The summed E-state index contributed by atoms with van der Waals surface area (Å²) < 4.78 is 0. The smallest absolute Gasteiger partial charge is 2.00 e. The Morgan fingerprint density at radius 1 is 0.750 bits per heavy atom. The van der Waals surface area contributed by atoms with E-state index in [2.05, 4.69) is 0 Å². The van der Waals surface area contributed by atoms with Gasteiger partial charge in [-0.3, -0.25) is 0 Å². The van der Waals surface area contributed by atoms with Gasteiger partial charge in [0, 0.05) is 0 Å². The van der Waals surface area contributed by atoms with E-state index in [4.69, 9.17) is 0 Å². The number of hydrogen-bond acceptors (Lipinski definition) is 0. The van der Waals surface area contributed by atoms with E-state index in [9.17, 15) is 0 Å². The van der Waals surface area contributed by atoms with Crippen molar-refractivity contribution in [3.05, 3.63) is 0 Å². The monoisotopic (exact) mass is 264 g/mol. The Bertz CT molecular complexity index is 6.00. The molecule has 0 spiro atoms. The molecule has 0 unspecified atom stereocenters. The van der Waals surface area contributed by atoms with Gasteiger partial charge in [0.25, 0.3) is 0 Å². The first-order chi connectivity index (χ1) is 0. The first kappa shape index (κ1) is 41.2. The molecule has 0 rings (SSSR count). The molecule has 0 aromatic rings. The van der Waals surface area contributed by atoms with Crippen LogP contribution < -0.4 is 29.6 Å². The van der Waals surface area contributed by atoms with Crippen LogP contribution in [0.15, 0.2) is 0 Å². The van der Waals surface area contributed by atoms with Crippen LogP contribution in [0.1, 0.15) is 0 Å². The summed E-state index contributed by atoms with van der Waals surface area (Å²) in [4.78, 5) is 0. The quantitative estimate of drug-likeness (QED) is 0.406. The zero-order valence-corrected chi connectivity index (χ0v) is 7.74. The van der Waals surface area contributed by atoms with E-state index in [1.165, 1.54) is 0 Å². The fraction of sp³-hybridized carbons (Fsp3) is 0. The maximum atomic E-state index is 0. The molecule has 2 nitrogen and oxygen atoms in total. The van der Waals surface area contributed by atoms with Crippen LogP contribution in [0.3, 0.4) is 0 Å². The fourth-order valence-electron chi connectivity index (χ4n) is 0. The van der Waals surface area contributed by atoms with Crippen molar-refractivity contribution in [1.29, 1.82) is 0 Å². The largest absolute Gasteiger partial charge is 3.00 e. The molecule has 0 aliphatic rings. The summed E-state index contributed by atoms with van der Waals surface area (Å²) in [5.41, 5.74) is 0. The zero-order valence-electron chi connectivity index (χ0n) is 2.26. The van der Waals surface area contributed by atoms with Gasteiger partial charge in [-0.05, 0) is 0 Å². The van der Waals surface area contributed by atoms with Crippen molar-refractivity contribution in [2.24, 2.45) is 0 Å². The Balaban J connectivity index is 0. The van der Waals surface area contributed by atoms with Gasteiger partial charge in [-0.2, -0.15) is 0 Å². The molecule has 0 amide bonds. The molecule has 18 valence electrons. The first-order valence-corrected chi connectivity index (χ1v) is 0. The zero-order chi connectivity index (χ0) is 0. The van der Waals surface area contributed by atoms with Gasteiger partial charge in [-0.25, -0.2) is 0 Å². The second kappa shape index (κ2) is 21.4. The van der Waals surface area contributed by atoms with Crippen molar-refractivity contribution in [3.8, 4) is 0 Å². The van der Waals surface area contributed by atoms with E-state index in [0.29, 0.717) is 0 Å². The third-order valence-electron chi connectivity index (χ3n) is 0. The van der Waals surface area contributed by atoms with E-state index in [-0.39, 0.29) is 66.7 Å². The van der Waals surface area contributed by atoms with Gasteiger partial charge in [0.05, 0.1) is 0 Å². The van der Waals surface area contributed by atoms with Gasteiger partial charge < -0.3 is 11.0 Å². The van der Waals surface area contributed by atoms with Crippen molar-refractivity contribution in [3.63, 3.8) is 0 Å². The molecule has 0 aliphatic heterocycles. The molecule has 0 N–H and O–H groups in total. The van der Waals surface area contributed by atoms with E-state index < -0.39 is 0 Å². The summed E-state index contributed by atoms with van der Waals surface area (Å²) in [6, 6.07) is 0. The van der Waals surface area contributed by atoms with Gasteiger partial charge in [-0.1, -0.05) is 0 Å². The van der Waals surface area contributed by atoms with Crippen molar-refractivity contribution in [1.82, 2.24) is 0 Å². The molecule has 0 saturated heterocycles. The molecular formula is BiNaO2. The molecule has 0 aromatic carbocycles. The van der Waals surface area contributed by atoms with Gasteiger partial charge >= 0.3 is 55.8 Å². The van der Waals surface area contributed by atoms with E-state index in [0.717, 1.165) is 0 Å². The van der Waals surface area contributed by atoms with Gasteiger partial charge in [0.2, 0.25) is 0 Å². The third kappa shape index (κ3) is 9.19. The predicted octanol–water partition coefficient (Wildman–Crippen LogP) is -3.61. The van der Waals surface area contributed by atoms with Crippen LogP contribution in [0, 0.1) is 0 Å². The molecule has 0 fully saturated rings. The van der Waals surface area contributed by atoms with E-state index in [1.54, 1.807) is 0 Å². The molecular weight excluding hydrogens is 264 g/mol. The third-order valence-corrected chi connectivity index (χ3v) is 0. The maximum absolute atomic E-state index is 0. The molecule has 0 heterocycles. The number of hydrogen-bond donors (Lipinski definition) is 0. The van der Waals surface area contributed by atoms with Crippen LogP contribution in [0.2, 0.25) is 0 Å². The van der Waals surface area contributed by atoms with Crippen molar-refractivity contribution in [2.75, 3.05) is 0 Å². The minimum absolute atomic E-state index is 0. The Labute approximate surface area is 66.0 Å². The second-order valence-electron chi connectivity index (χ2n) is 0. The molecule has 0 bridgehead atoms. The SMILES string of the molecule is [Bi+3].[Na+].[O-2].[O-2]. The van der Waals surface area contributed by atoms with Crippen LogP contribution in [0.5, 0.6) is 0 Å². The molecule has 0 aliphatic carbocycles. The Kier molecular flexibility index (Phi) is 220. The summed E-state index contributed by atoms with van der Waals surface area (Å²) in [5, 5.41) is 0. The van der Waals surface area contributed by atoms with Crippen LogP contribution in [0.4, 0.5) is 0 Å². The topological polar surface area (TPSA) is 57.0 Å². The fourth-order valence-corrected chi connectivity index (χ4v) is 0. The maximum Gasteiger partial charge on any atom is 3.00 e. The summed E-state index contributed by atoms with van der Waals surface area (Å²) >= 11 is 0. The summed E-state index contributed by atoms with van der Waals surface area (Å²) in [5.74, 6) is 0. The summed E-state index contributed by atoms with van der Waals surface area (Å²) in [6.45, 7) is 0. The predicted molar refractivity (Wildman–Crippen MR) is 7.13 cm³/mol. The van der Waals surface area contributed by atoms with Gasteiger partial charge in [0.15, 0.2) is 0 Å². The van der Waals surface area contributed by atoms with Crippen LogP contribution in [-0.4, -0.2) is 26.2 Å². The minimum atomic E-state index is 0. The second-order valence-corrected chi connectivity index (χ2v) is 0. The van der Waals surface area contributed by atoms with E-state index in [1.807, 2.05) is 0 Å². The Morgan fingerprint density at radius 2 is 0.750 bits per heavy atom. The normalized spacial score (nSPS) is 0. The van der Waals surface area contributed by atoms with Crippen LogP contribution >= 0.6 is 0 Å². The molecule has 0 saturated carbocycles. The average molecular weight is 264 g/mol. The molecule has 0 aromatic heterocycles. The van der Waals surface area contributed by atoms with Crippen molar-refractivity contribution in [2.45, 2.75) is 0 Å². The van der Waals surface area contributed by atoms with E-state index >= 15 is 0 Å². The summed E-state index contributed by atoms with van der Waals surface area (Å²) in [7, 11) is 0.